The molecule has 0 aliphatic rings. The molecule has 1 amide bonds. The molecule has 1 N–H and O–H groups in total. The molecule has 0 aliphatic carbocycles. The predicted octanol–water partition coefficient (Wildman–Crippen LogP) is 4.10. The van der Waals surface area contributed by atoms with Crippen LogP contribution in [0.1, 0.15) is 28.9 Å². The number of nitrogens with zero attached hydrogens (tertiary/aromatic N) is 1. The van der Waals surface area contributed by atoms with Gasteiger partial charge in [-0.05, 0) is 52.7 Å². The summed E-state index contributed by atoms with van der Waals surface area (Å²) in [6.45, 7) is 1.95. The first-order valence-corrected chi connectivity index (χ1v) is 7.33. The second-order valence-corrected chi connectivity index (χ2v) is 5.76. The number of hydrogen-bond donors (Lipinski definition) is 1. The van der Waals surface area contributed by atoms with Crippen LogP contribution in [-0.2, 0) is 0 Å². The van der Waals surface area contributed by atoms with Crippen molar-refractivity contribution in [2.75, 3.05) is 0 Å². The normalized spacial score (nSPS) is 11.9. The summed E-state index contributed by atoms with van der Waals surface area (Å²) in [4.78, 5) is 16.2. The standard InChI is InChI=1S/C14H12Br2N2O/c1-9(10-4-6-11(15)7-5-10)18-14(19)12-3-2-8-17-13(12)16/h2-9H,1H3,(H,18,19)/t9-/m0/s1. The molecule has 0 fully saturated rings. The minimum atomic E-state index is -0.143. The topological polar surface area (TPSA) is 42.0 Å². The minimum absolute atomic E-state index is 0.0623. The first kappa shape index (κ1) is 14.2. The van der Waals surface area contributed by atoms with Gasteiger partial charge in [0.15, 0.2) is 0 Å². The third-order valence-electron chi connectivity index (χ3n) is 2.72. The molecule has 0 unspecified atom stereocenters. The number of nitrogens with one attached hydrogen (secondary N) is 1. The number of carbonyl (C=O) groups excluding carboxylic acids is 1. The first-order valence-electron chi connectivity index (χ1n) is 5.75. The Balaban J connectivity index is 2.11. The van der Waals surface area contributed by atoms with Crippen LogP contribution in [0.5, 0.6) is 0 Å². The maximum Gasteiger partial charge on any atom is 0.254 e. The quantitative estimate of drug-likeness (QED) is 0.810. The zero-order valence-electron chi connectivity index (χ0n) is 10.2. The molecule has 0 radical (unpaired) electrons. The van der Waals surface area contributed by atoms with Crippen molar-refractivity contribution in [3.8, 4) is 0 Å². The van der Waals surface area contributed by atoms with Crippen molar-refractivity contribution in [2.45, 2.75) is 13.0 Å². The molecule has 19 heavy (non-hydrogen) atoms. The number of benzene rings is 1. The van der Waals surface area contributed by atoms with Gasteiger partial charge >= 0.3 is 0 Å². The van der Waals surface area contributed by atoms with E-state index in [1.54, 1.807) is 18.3 Å². The van der Waals surface area contributed by atoms with Gasteiger partial charge in [-0.3, -0.25) is 4.79 Å². The smallest absolute Gasteiger partial charge is 0.254 e. The molecule has 5 heteroatoms. The van der Waals surface area contributed by atoms with Crippen LogP contribution in [0.15, 0.2) is 51.7 Å². The molecule has 2 rings (SSSR count). The first-order chi connectivity index (χ1) is 9.08. The number of amides is 1. The summed E-state index contributed by atoms with van der Waals surface area (Å²) >= 11 is 6.66. The third kappa shape index (κ3) is 3.64. The summed E-state index contributed by atoms with van der Waals surface area (Å²) in [7, 11) is 0. The van der Waals surface area contributed by atoms with Gasteiger partial charge in [-0.25, -0.2) is 4.98 Å². The Labute approximate surface area is 128 Å². The van der Waals surface area contributed by atoms with E-state index in [1.807, 2.05) is 31.2 Å². The molecule has 1 atom stereocenters. The third-order valence-corrected chi connectivity index (χ3v) is 3.88. The van der Waals surface area contributed by atoms with Crippen molar-refractivity contribution < 1.29 is 4.79 Å². The highest BCUT2D eigenvalue weighted by molar-refractivity contribution is 9.10. The summed E-state index contributed by atoms with van der Waals surface area (Å²) in [6, 6.07) is 11.3. The number of hydrogen-bond acceptors (Lipinski definition) is 2. The molecule has 1 aromatic carbocycles. The van der Waals surface area contributed by atoms with Crippen LogP contribution in [0.2, 0.25) is 0 Å². The van der Waals surface area contributed by atoms with Gasteiger partial charge in [0.2, 0.25) is 0 Å². The van der Waals surface area contributed by atoms with E-state index in [0.717, 1.165) is 10.0 Å². The van der Waals surface area contributed by atoms with Gasteiger partial charge in [0, 0.05) is 10.7 Å². The van der Waals surface area contributed by atoms with E-state index < -0.39 is 0 Å². The lowest BCUT2D eigenvalue weighted by molar-refractivity contribution is 0.0938. The van der Waals surface area contributed by atoms with Crippen molar-refractivity contribution >= 4 is 37.8 Å². The molecule has 0 spiro atoms. The molecular weight excluding hydrogens is 372 g/mol. The van der Waals surface area contributed by atoms with E-state index >= 15 is 0 Å². The molecule has 0 saturated heterocycles. The number of aromatic nitrogens is 1. The monoisotopic (exact) mass is 382 g/mol. The van der Waals surface area contributed by atoms with Crippen molar-refractivity contribution in [3.05, 3.63) is 62.8 Å². The second-order valence-electron chi connectivity index (χ2n) is 4.09. The minimum Gasteiger partial charge on any atom is -0.345 e. The van der Waals surface area contributed by atoms with E-state index in [0.29, 0.717) is 10.2 Å². The van der Waals surface area contributed by atoms with Gasteiger partial charge in [0.25, 0.3) is 5.91 Å². The summed E-state index contributed by atoms with van der Waals surface area (Å²) < 4.78 is 1.57. The predicted molar refractivity (Wildman–Crippen MR) is 82.0 cm³/mol. The molecule has 2 aromatic rings. The van der Waals surface area contributed by atoms with Gasteiger partial charge in [0.1, 0.15) is 4.60 Å². The molecule has 1 heterocycles. The van der Waals surface area contributed by atoms with Crippen LogP contribution < -0.4 is 5.32 Å². The molecule has 0 saturated carbocycles. The zero-order chi connectivity index (χ0) is 13.8. The van der Waals surface area contributed by atoms with Crippen molar-refractivity contribution in [3.63, 3.8) is 0 Å². The van der Waals surface area contributed by atoms with E-state index in [-0.39, 0.29) is 11.9 Å². The molecule has 98 valence electrons. The maximum atomic E-state index is 12.1. The van der Waals surface area contributed by atoms with E-state index in [9.17, 15) is 4.79 Å². The van der Waals surface area contributed by atoms with Crippen LogP contribution in [0, 0.1) is 0 Å². The average Bonchev–Trinajstić information content (AvgIpc) is 2.39. The lowest BCUT2D eigenvalue weighted by atomic mass is 10.1. The summed E-state index contributed by atoms with van der Waals surface area (Å²) in [5.74, 6) is -0.143. The Morgan fingerprint density at radius 3 is 2.53 bits per heavy atom. The highest BCUT2D eigenvalue weighted by Crippen LogP contribution is 2.18. The van der Waals surface area contributed by atoms with Crippen LogP contribution in [0.4, 0.5) is 0 Å². The Morgan fingerprint density at radius 1 is 1.21 bits per heavy atom. The average molecular weight is 384 g/mol. The van der Waals surface area contributed by atoms with Gasteiger partial charge < -0.3 is 5.32 Å². The number of halogens is 2. The lowest BCUT2D eigenvalue weighted by Gasteiger charge is -2.14. The molecule has 1 aromatic heterocycles. The van der Waals surface area contributed by atoms with Crippen LogP contribution in [0.3, 0.4) is 0 Å². The summed E-state index contributed by atoms with van der Waals surface area (Å²) in [5, 5.41) is 2.95. The summed E-state index contributed by atoms with van der Waals surface area (Å²) in [5.41, 5.74) is 1.59. The van der Waals surface area contributed by atoms with Gasteiger partial charge in [-0.15, -0.1) is 0 Å². The number of rotatable bonds is 3. The zero-order valence-corrected chi connectivity index (χ0v) is 13.4. The molecular formula is C14H12Br2N2O. The van der Waals surface area contributed by atoms with Crippen LogP contribution in [0.25, 0.3) is 0 Å². The molecule has 0 aliphatic heterocycles. The Bertz CT molecular complexity index is 584. The van der Waals surface area contributed by atoms with Gasteiger partial charge in [0.05, 0.1) is 11.6 Å². The van der Waals surface area contributed by atoms with E-state index in [4.69, 9.17) is 0 Å². The summed E-state index contributed by atoms with van der Waals surface area (Å²) in [6.07, 6.45) is 1.64. The van der Waals surface area contributed by atoms with Crippen LogP contribution >= 0.6 is 31.9 Å². The molecule has 3 nitrogen and oxygen atoms in total. The number of carbonyl (C=O) groups is 1. The SMILES string of the molecule is C[C@H](NC(=O)c1cccnc1Br)c1ccc(Br)cc1. The Morgan fingerprint density at radius 2 is 1.89 bits per heavy atom. The highest BCUT2D eigenvalue weighted by atomic mass is 79.9. The number of pyridine rings is 1. The fourth-order valence-corrected chi connectivity index (χ4v) is 2.36. The van der Waals surface area contributed by atoms with Gasteiger partial charge in [-0.1, -0.05) is 28.1 Å². The van der Waals surface area contributed by atoms with E-state index in [2.05, 4.69) is 42.2 Å². The highest BCUT2D eigenvalue weighted by Gasteiger charge is 2.14. The fourth-order valence-electron chi connectivity index (χ4n) is 1.66. The van der Waals surface area contributed by atoms with Crippen molar-refractivity contribution in [1.29, 1.82) is 0 Å². The largest absolute Gasteiger partial charge is 0.345 e. The second kappa shape index (κ2) is 6.30. The van der Waals surface area contributed by atoms with Gasteiger partial charge in [-0.2, -0.15) is 0 Å². The van der Waals surface area contributed by atoms with Crippen molar-refractivity contribution in [1.82, 2.24) is 10.3 Å². The van der Waals surface area contributed by atoms with Crippen LogP contribution in [-0.4, -0.2) is 10.9 Å². The fraction of sp³-hybridized carbons (Fsp3) is 0.143. The lowest BCUT2D eigenvalue weighted by Crippen LogP contribution is -2.27. The molecule has 0 bridgehead atoms. The Kier molecular flexibility index (Phi) is 4.71. The van der Waals surface area contributed by atoms with E-state index in [1.165, 1.54) is 0 Å². The Hall–Kier alpha value is -1.20. The maximum absolute atomic E-state index is 12.1. The van der Waals surface area contributed by atoms with Crippen molar-refractivity contribution in [2.24, 2.45) is 0 Å².